The summed E-state index contributed by atoms with van der Waals surface area (Å²) in [6, 6.07) is -1.01. The number of ether oxygens (including phenoxy) is 1. The van der Waals surface area contributed by atoms with Crippen LogP contribution in [0.4, 0.5) is 0 Å². The van der Waals surface area contributed by atoms with Gasteiger partial charge in [-0.05, 0) is 26.2 Å². The van der Waals surface area contributed by atoms with Gasteiger partial charge >= 0.3 is 11.9 Å². The van der Waals surface area contributed by atoms with E-state index in [0.717, 1.165) is 0 Å². The lowest BCUT2D eigenvalue weighted by Gasteiger charge is -2.39. The fourth-order valence-corrected chi connectivity index (χ4v) is 2.94. The van der Waals surface area contributed by atoms with Crippen molar-refractivity contribution < 1.29 is 29.0 Å². The minimum Gasteiger partial charge on any atom is -0.480 e. The van der Waals surface area contributed by atoms with Gasteiger partial charge in [-0.3, -0.25) is 14.4 Å². The molecule has 148 valence electrons. The quantitative estimate of drug-likeness (QED) is 0.748. The molecule has 1 saturated heterocycles. The fourth-order valence-electron chi connectivity index (χ4n) is 2.94. The second kappa shape index (κ2) is 8.05. The third kappa shape index (κ3) is 6.31. The number of esters is 1. The molecular formula is C18H30N2O6. The van der Waals surface area contributed by atoms with E-state index in [2.05, 4.69) is 0 Å². The summed E-state index contributed by atoms with van der Waals surface area (Å²) in [5, 5.41) is 9.54. The molecule has 0 bridgehead atoms. The number of nitrogens with zero attached hydrogens (tertiary/aromatic N) is 2. The molecule has 0 saturated carbocycles. The lowest BCUT2D eigenvalue weighted by molar-refractivity contribution is -0.161. The predicted molar refractivity (Wildman–Crippen MR) is 94.3 cm³/mol. The second-order valence-electron chi connectivity index (χ2n) is 8.60. The molecule has 1 heterocycles. The highest BCUT2D eigenvalue weighted by molar-refractivity contribution is 5.87. The lowest BCUT2D eigenvalue weighted by Crippen LogP contribution is -2.55. The number of carbonyl (C=O) groups is 4. The van der Waals surface area contributed by atoms with Gasteiger partial charge in [0, 0.05) is 25.9 Å². The number of carboxylic acid groups (broad SMARTS) is 1. The number of hydrogen-bond acceptors (Lipinski definition) is 5. The number of rotatable bonds is 4. The van der Waals surface area contributed by atoms with Crippen LogP contribution in [-0.4, -0.2) is 69.9 Å². The second-order valence-corrected chi connectivity index (χ2v) is 8.60. The van der Waals surface area contributed by atoms with E-state index >= 15 is 0 Å². The molecule has 0 radical (unpaired) electrons. The number of hydrogen-bond donors (Lipinski definition) is 1. The molecule has 1 N–H and O–H groups in total. The molecule has 8 heteroatoms. The Morgan fingerprint density at radius 2 is 1.58 bits per heavy atom. The van der Waals surface area contributed by atoms with Gasteiger partial charge in [-0.1, -0.05) is 20.8 Å². The first-order valence-electron chi connectivity index (χ1n) is 8.74. The molecule has 8 nitrogen and oxygen atoms in total. The predicted octanol–water partition coefficient (Wildman–Crippen LogP) is 1.28. The molecule has 26 heavy (non-hydrogen) atoms. The average molecular weight is 370 g/mol. The van der Waals surface area contributed by atoms with E-state index in [4.69, 9.17) is 4.74 Å². The third-order valence-electron chi connectivity index (χ3n) is 3.94. The Balaban J connectivity index is 2.85. The third-order valence-corrected chi connectivity index (χ3v) is 3.94. The van der Waals surface area contributed by atoms with E-state index in [1.165, 1.54) is 9.80 Å². The highest BCUT2D eigenvalue weighted by Crippen LogP contribution is 2.26. The highest BCUT2D eigenvalue weighted by atomic mass is 16.6. The Bertz CT molecular complexity index is 573. The van der Waals surface area contributed by atoms with E-state index in [9.17, 15) is 24.3 Å². The minimum atomic E-state index is -1.09. The normalized spacial score (nSPS) is 18.2. The molecule has 1 fully saturated rings. The van der Waals surface area contributed by atoms with Crippen LogP contribution in [0.25, 0.3) is 0 Å². The van der Waals surface area contributed by atoms with Gasteiger partial charge in [0.2, 0.25) is 11.8 Å². The first-order chi connectivity index (χ1) is 11.7. The Labute approximate surface area is 154 Å². The van der Waals surface area contributed by atoms with Gasteiger partial charge in [-0.2, -0.15) is 0 Å². The Morgan fingerprint density at radius 3 is 2.04 bits per heavy atom. The number of aliphatic carboxylic acids is 1. The zero-order valence-corrected chi connectivity index (χ0v) is 16.5. The van der Waals surface area contributed by atoms with Crippen molar-refractivity contribution in [2.45, 2.75) is 66.0 Å². The van der Waals surface area contributed by atoms with E-state index in [1.54, 1.807) is 41.5 Å². The van der Waals surface area contributed by atoms with Gasteiger partial charge in [0.25, 0.3) is 0 Å². The highest BCUT2D eigenvalue weighted by Gasteiger charge is 2.40. The van der Waals surface area contributed by atoms with E-state index in [-0.39, 0.29) is 44.3 Å². The Hall–Kier alpha value is -2.12. The number of carboxylic acids is 1. The zero-order valence-electron chi connectivity index (χ0n) is 16.5. The summed E-state index contributed by atoms with van der Waals surface area (Å²) in [6.45, 7) is 10.3. The largest absolute Gasteiger partial charge is 0.480 e. The minimum absolute atomic E-state index is 0.0106. The van der Waals surface area contributed by atoms with Gasteiger partial charge in [-0.15, -0.1) is 0 Å². The molecule has 0 aromatic heterocycles. The molecule has 1 rings (SSSR count). The number of carbonyl (C=O) groups excluding carboxylic acids is 3. The van der Waals surface area contributed by atoms with Crippen LogP contribution in [0, 0.1) is 5.41 Å². The van der Waals surface area contributed by atoms with Crippen molar-refractivity contribution in [2.24, 2.45) is 5.41 Å². The molecule has 0 aromatic rings. The smallest absolute Gasteiger partial charge is 0.326 e. The van der Waals surface area contributed by atoms with Crippen LogP contribution in [0.2, 0.25) is 0 Å². The molecule has 1 unspecified atom stereocenters. The van der Waals surface area contributed by atoms with Crippen molar-refractivity contribution in [1.29, 1.82) is 0 Å². The summed E-state index contributed by atoms with van der Waals surface area (Å²) in [7, 11) is 0. The van der Waals surface area contributed by atoms with Crippen LogP contribution >= 0.6 is 0 Å². The summed E-state index contributed by atoms with van der Waals surface area (Å²) in [5.41, 5.74) is -1.32. The zero-order chi connectivity index (χ0) is 20.3. The van der Waals surface area contributed by atoms with Crippen LogP contribution in [0.3, 0.4) is 0 Å². The van der Waals surface area contributed by atoms with E-state index < -0.39 is 29.0 Å². The average Bonchev–Trinajstić information content (AvgIpc) is 2.41. The fraction of sp³-hybridized carbons (Fsp3) is 0.778. The van der Waals surface area contributed by atoms with Gasteiger partial charge in [0.15, 0.2) is 0 Å². The van der Waals surface area contributed by atoms with E-state index in [1.807, 2.05) is 0 Å². The maximum Gasteiger partial charge on any atom is 0.326 e. The van der Waals surface area contributed by atoms with Crippen LogP contribution in [0.1, 0.15) is 54.4 Å². The van der Waals surface area contributed by atoms with Crippen molar-refractivity contribution in [2.75, 3.05) is 19.6 Å². The molecule has 0 aliphatic carbocycles. The SMILES string of the molecule is CC(C)(C)OC(=O)CN1CCC(=O)N(C(C(=O)O)C(C)(C)C)CCC1=O. The molecule has 1 atom stereocenters. The molecule has 1 aliphatic heterocycles. The van der Waals surface area contributed by atoms with Crippen molar-refractivity contribution in [1.82, 2.24) is 9.80 Å². The van der Waals surface area contributed by atoms with Crippen molar-refractivity contribution in [3.63, 3.8) is 0 Å². The van der Waals surface area contributed by atoms with Gasteiger partial charge < -0.3 is 19.6 Å². The van der Waals surface area contributed by atoms with Gasteiger partial charge in [0.1, 0.15) is 18.2 Å². The lowest BCUT2D eigenvalue weighted by atomic mass is 9.85. The Morgan fingerprint density at radius 1 is 1.04 bits per heavy atom. The monoisotopic (exact) mass is 370 g/mol. The Kier molecular flexibility index (Phi) is 6.79. The summed E-state index contributed by atoms with van der Waals surface area (Å²) in [4.78, 5) is 51.1. The van der Waals surface area contributed by atoms with Gasteiger partial charge in [0.05, 0.1) is 0 Å². The molecular weight excluding hydrogens is 340 g/mol. The van der Waals surface area contributed by atoms with Crippen LogP contribution in [0.15, 0.2) is 0 Å². The van der Waals surface area contributed by atoms with Crippen molar-refractivity contribution in [3.8, 4) is 0 Å². The first-order valence-corrected chi connectivity index (χ1v) is 8.74. The summed E-state index contributed by atoms with van der Waals surface area (Å²) in [6.07, 6.45) is -0.0667. The molecule has 0 spiro atoms. The van der Waals surface area contributed by atoms with Crippen LogP contribution in [0.5, 0.6) is 0 Å². The topological polar surface area (TPSA) is 104 Å². The van der Waals surface area contributed by atoms with Crippen molar-refractivity contribution >= 4 is 23.8 Å². The van der Waals surface area contributed by atoms with Crippen LogP contribution < -0.4 is 0 Å². The summed E-state index contributed by atoms with van der Waals surface area (Å²) >= 11 is 0. The van der Waals surface area contributed by atoms with Gasteiger partial charge in [-0.25, -0.2) is 4.79 Å². The summed E-state index contributed by atoms with van der Waals surface area (Å²) in [5.74, 6) is -2.27. The van der Waals surface area contributed by atoms with E-state index in [0.29, 0.717) is 0 Å². The molecule has 0 aromatic carbocycles. The van der Waals surface area contributed by atoms with Crippen molar-refractivity contribution in [3.05, 3.63) is 0 Å². The first kappa shape index (κ1) is 21.9. The standard InChI is InChI=1S/C18H30N2O6/c1-17(2,3)15(16(24)25)20-10-8-12(21)19(9-7-13(20)22)11-14(23)26-18(4,5)6/h15H,7-11H2,1-6H3,(H,24,25). The summed E-state index contributed by atoms with van der Waals surface area (Å²) < 4.78 is 5.22. The molecule has 2 amide bonds. The molecule has 1 aliphatic rings. The van der Waals surface area contributed by atoms with Crippen LogP contribution in [-0.2, 0) is 23.9 Å². The maximum absolute atomic E-state index is 12.5. The maximum atomic E-state index is 12.5. The number of amides is 2.